The van der Waals surface area contributed by atoms with E-state index in [9.17, 15) is 4.79 Å². The molecule has 0 saturated heterocycles. The highest BCUT2D eigenvalue weighted by atomic mass is 16.1. The summed E-state index contributed by atoms with van der Waals surface area (Å²) in [6, 6.07) is 10.7. The monoisotopic (exact) mass is 168 g/mol. The minimum Gasteiger partial charge on any atom is -0.294 e. The molecule has 0 saturated carbocycles. The molecule has 2 rings (SSSR count). The Hall–Kier alpha value is -1.63. The zero-order valence-corrected chi connectivity index (χ0v) is 7.03. The van der Waals surface area contributed by atoms with Crippen LogP contribution in [0.2, 0.25) is 0 Å². The molecule has 1 nitrogen and oxygen atoms in total. The van der Waals surface area contributed by atoms with E-state index >= 15 is 0 Å². The van der Waals surface area contributed by atoms with Gasteiger partial charge in [-0.25, -0.2) is 0 Å². The van der Waals surface area contributed by atoms with E-state index in [1.54, 1.807) is 18.6 Å². The van der Waals surface area contributed by atoms with Gasteiger partial charge in [-0.2, -0.15) is 0 Å². The van der Waals surface area contributed by atoms with Crippen LogP contribution in [0.4, 0.5) is 0 Å². The van der Waals surface area contributed by atoms with Gasteiger partial charge in [0.2, 0.25) is 0 Å². The van der Waals surface area contributed by atoms with Crippen molar-refractivity contribution in [1.82, 2.24) is 0 Å². The van der Waals surface area contributed by atoms with Crippen molar-refractivity contribution in [2.75, 3.05) is 0 Å². The lowest BCUT2D eigenvalue weighted by molar-refractivity contribution is -0.111. The molecule has 0 unspecified atom stereocenters. The van der Waals surface area contributed by atoms with Crippen LogP contribution in [0.3, 0.4) is 0 Å². The highest BCUT2D eigenvalue weighted by Gasteiger charge is 2.08. The predicted octanol–water partition coefficient (Wildman–Crippen LogP) is 2.21. The zero-order chi connectivity index (χ0) is 9.10. The average Bonchev–Trinajstić information content (AvgIpc) is 2.19. The van der Waals surface area contributed by atoms with Crippen molar-refractivity contribution in [3.05, 3.63) is 60.5 Å². The molecular formula is C12H8O. The first-order valence-corrected chi connectivity index (χ1v) is 4.10. The summed E-state index contributed by atoms with van der Waals surface area (Å²) in [5.74, 6) is 0.0368. The Morgan fingerprint density at radius 2 is 2.15 bits per heavy atom. The van der Waals surface area contributed by atoms with Gasteiger partial charge in [0.05, 0.1) is 6.42 Å². The van der Waals surface area contributed by atoms with Gasteiger partial charge in [-0.3, -0.25) is 4.79 Å². The van der Waals surface area contributed by atoms with Gasteiger partial charge in [0, 0.05) is 0 Å². The van der Waals surface area contributed by atoms with Crippen molar-refractivity contribution >= 4 is 11.4 Å². The third-order valence-electron chi connectivity index (χ3n) is 1.85. The van der Waals surface area contributed by atoms with Crippen LogP contribution < -0.4 is 0 Å². The van der Waals surface area contributed by atoms with Crippen molar-refractivity contribution in [1.29, 1.82) is 0 Å². The summed E-state index contributed by atoms with van der Waals surface area (Å²) in [7, 11) is 0. The van der Waals surface area contributed by atoms with Crippen molar-refractivity contribution in [2.45, 2.75) is 0 Å². The molecule has 62 valence electrons. The molecule has 0 fully saturated rings. The van der Waals surface area contributed by atoms with Gasteiger partial charge in [-0.15, -0.1) is 0 Å². The van der Waals surface area contributed by atoms with Crippen LogP contribution >= 0.6 is 0 Å². The SMILES string of the molecule is O=C1[CH]C(c2[c]cccc2)=CC=C1. The van der Waals surface area contributed by atoms with E-state index < -0.39 is 0 Å². The van der Waals surface area contributed by atoms with Crippen LogP contribution in [0.25, 0.3) is 5.57 Å². The van der Waals surface area contributed by atoms with E-state index in [2.05, 4.69) is 6.07 Å². The van der Waals surface area contributed by atoms with E-state index in [0.29, 0.717) is 0 Å². The molecule has 0 bridgehead atoms. The number of benzene rings is 1. The lowest BCUT2D eigenvalue weighted by Crippen LogP contribution is -1.99. The van der Waals surface area contributed by atoms with Gasteiger partial charge >= 0.3 is 0 Å². The number of rotatable bonds is 1. The fourth-order valence-electron chi connectivity index (χ4n) is 1.24. The molecule has 0 heterocycles. The van der Waals surface area contributed by atoms with Gasteiger partial charge in [-0.05, 0) is 23.3 Å². The third-order valence-corrected chi connectivity index (χ3v) is 1.85. The van der Waals surface area contributed by atoms with E-state index in [-0.39, 0.29) is 5.78 Å². The zero-order valence-electron chi connectivity index (χ0n) is 7.03. The Labute approximate surface area is 77.4 Å². The van der Waals surface area contributed by atoms with Gasteiger partial charge in [-0.1, -0.05) is 36.4 Å². The molecule has 1 aromatic rings. The molecule has 1 aliphatic carbocycles. The first-order valence-electron chi connectivity index (χ1n) is 4.10. The summed E-state index contributed by atoms with van der Waals surface area (Å²) < 4.78 is 0. The van der Waals surface area contributed by atoms with Crippen LogP contribution in [0, 0.1) is 12.5 Å². The van der Waals surface area contributed by atoms with E-state index in [1.165, 1.54) is 0 Å². The normalized spacial score (nSPS) is 15.7. The van der Waals surface area contributed by atoms with Crippen molar-refractivity contribution in [2.24, 2.45) is 0 Å². The Morgan fingerprint density at radius 3 is 2.85 bits per heavy atom. The quantitative estimate of drug-likeness (QED) is 0.628. The molecule has 1 aliphatic rings. The Balaban J connectivity index is 2.33. The summed E-state index contributed by atoms with van der Waals surface area (Å²) in [4.78, 5) is 11.0. The third kappa shape index (κ3) is 1.75. The van der Waals surface area contributed by atoms with Crippen LogP contribution in [0.1, 0.15) is 5.56 Å². The topological polar surface area (TPSA) is 17.1 Å². The molecule has 1 aromatic carbocycles. The first-order chi connectivity index (χ1) is 6.36. The number of ketones is 1. The first kappa shape index (κ1) is 7.99. The molecule has 0 aliphatic heterocycles. The molecule has 0 atom stereocenters. The van der Waals surface area contributed by atoms with Crippen LogP contribution in [-0.4, -0.2) is 5.78 Å². The lowest BCUT2D eigenvalue weighted by atomic mass is 9.97. The second-order valence-electron chi connectivity index (χ2n) is 2.80. The summed E-state index contributed by atoms with van der Waals surface area (Å²) in [6.45, 7) is 0. The lowest BCUT2D eigenvalue weighted by Gasteiger charge is -2.06. The number of hydrogen-bond acceptors (Lipinski definition) is 1. The fourth-order valence-corrected chi connectivity index (χ4v) is 1.24. The van der Waals surface area contributed by atoms with Crippen LogP contribution in [0.15, 0.2) is 42.5 Å². The summed E-state index contributed by atoms with van der Waals surface area (Å²) >= 11 is 0. The number of allylic oxidation sites excluding steroid dienone is 4. The summed E-state index contributed by atoms with van der Waals surface area (Å²) in [5.41, 5.74) is 1.88. The number of hydrogen-bond donors (Lipinski definition) is 0. The molecule has 0 amide bonds. The molecule has 1 heteroatoms. The second kappa shape index (κ2) is 3.40. The van der Waals surface area contributed by atoms with Crippen molar-refractivity contribution in [3.63, 3.8) is 0 Å². The van der Waals surface area contributed by atoms with Crippen LogP contribution in [-0.2, 0) is 4.79 Å². The standard InChI is InChI=1S/C12H8O/c13-12-8-4-7-11(9-12)10-5-2-1-3-6-10/h1-5,7-9H. The van der Waals surface area contributed by atoms with E-state index in [4.69, 9.17) is 0 Å². The molecule has 13 heavy (non-hydrogen) atoms. The maximum absolute atomic E-state index is 11.0. The van der Waals surface area contributed by atoms with Gasteiger partial charge in [0.25, 0.3) is 0 Å². The predicted molar refractivity (Wildman–Crippen MR) is 51.7 cm³/mol. The molecular weight excluding hydrogens is 160 g/mol. The van der Waals surface area contributed by atoms with Gasteiger partial charge in [0.15, 0.2) is 5.78 Å². The fraction of sp³-hybridized carbons (Fsp3) is 0. The highest BCUT2D eigenvalue weighted by Crippen LogP contribution is 2.19. The average molecular weight is 168 g/mol. The summed E-state index contributed by atoms with van der Waals surface area (Å²) in [6.07, 6.45) is 6.84. The molecule has 0 aromatic heterocycles. The smallest absolute Gasteiger partial charge is 0.164 e. The maximum Gasteiger partial charge on any atom is 0.164 e. The highest BCUT2D eigenvalue weighted by molar-refractivity contribution is 6.09. The molecule has 0 spiro atoms. The number of carbonyl (C=O) groups excluding carboxylic acids is 1. The Kier molecular flexibility index (Phi) is 2.09. The van der Waals surface area contributed by atoms with Crippen LogP contribution in [0.5, 0.6) is 0 Å². The van der Waals surface area contributed by atoms with E-state index in [1.807, 2.05) is 30.3 Å². The molecule has 0 N–H and O–H groups in total. The number of carbonyl (C=O) groups is 1. The maximum atomic E-state index is 11.0. The summed E-state index contributed by atoms with van der Waals surface area (Å²) in [5, 5.41) is 0. The van der Waals surface area contributed by atoms with Gasteiger partial charge in [0.1, 0.15) is 0 Å². The Bertz CT molecular complexity index is 371. The van der Waals surface area contributed by atoms with Gasteiger partial charge < -0.3 is 0 Å². The largest absolute Gasteiger partial charge is 0.294 e. The van der Waals surface area contributed by atoms with Crippen molar-refractivity contribution < 1.29 is 4.79 Å². The van der Waals surface area contributed by atoms with Crippen molar-refractivity contribution in [3.8, 4) is 0 Å². The second-order valence-corrected chi connectivity index (χ2v) is 2.80. The Morgan fingerprint density at radius 1 is 1.23 bits per heavy atom. The minimum atomic E-state index is 0.0368. The van der Waals surface area contributed by atoms with E-state index in [0.717, 1.165) is 11.1 Å². The minimum absolute atomic E-state index is 0.0368. The molecule has 2 radical (unpaired) electrons.